The van der Waals surface area contributed by atoms with Gasteiger partial charge in [0.25, 0.3) is 0 Å². The summed E-state index contributed by atoms with van der Waals surface area (Å²) < 4.78 is 35.3. The lowest BCUT2D eigenvalue weighted by molar-refractivity contribution is -0.144. The summed E-state index contributed by atoms with van der Waals surface area (Å²) in [4.78, 5) is 19.6. The fraction of sp³-hybridized carbons (Fsp3) is 0.250. The first kappa shape index (κ1) is 21.9. The van der Waals surface area contributed by atoms with Crippen LogP contribution in [0.1, 0.15) is 18.2 Å². The predicted octanol–water partition coefficient (Wildman–Crippen LogP) is 4.22. The van der Waals surface area contributed by atoms with E-state index in [1.54, 1.807) is 12.1 Å². The van der Waals surface area contributed by atoms with Crippen molar-refractivity contribution in [3.05, 3.63) is 58.8 Å². The van der Waals surface area contributed by atoms with E-state index in [4.69, 9.17) is 21.4 Å². The molecule has 0 saturated heterocycles. The summed E-state index contributed by atoms with van der Waals surface area (Å²) in [6.07, 6.45) is 3.44. The smallest absolute Gasteiger partial charge is 0.344 e. The summed E-state index contributed by atoms with van der Waals surface area (Å²) in [6, 6.07) is 7.14. The lowest BCUT2D eigenvalue weighted by Gasteiger charge is -2.15. The van der Waals surface area contributed by atoms with Gasteiger partial charge in [0, 0.05) is 45.7 Å². The Kier molecular flexibility index (Phi) is 6.23. The molecule has 1 aromatic heterocycles. The molecule has 7 nitrogen and oxygen atoms in total. The second kappa shape index (κ2) is 8.53. The van der Waals surface area contributed by atoms with Gasteiger partial charge in [0.05, 0.1) is 21.9 Å². The van der Waals surface area contributed by atoms with E-state index in [0.717, 1.165) is 6.07 Å². The van der Waals surface area contributed by atoms with E-state index in [1.165, 1.54) is 37.9 Å². The molecule has 3 aromatic rings. The number of carboxylic acid groups (broad SMARTS) is 1. The predicted molar refractivity (Wildman–Crippen MR) is 114 cm³/mol. The third-order valence-electron chi connectivity index (χ3n) is 4.12. The number of aromatic nitrogens is 2. The van der Waals surface area contributed by atoms with Gasteiger partial charge in [-0.1, -0.05) is 17.7 Å². The number of rotatable bonds is 6. The minimum Gasteiger partial charge on any atom is -0.479 e. The Morgan fingerprint density at radius 3 is 2.70 bits per heavy atom. The van der Waals surface area contributed by atoms with Gasteiger partial charge in [-0.3, -0.25) is 0 Å². The SMILES string of the molecule is C[C@@H](Oc1cc(F)ccc1Cc1ncnc2cc(N=S(C)(C)=O)cc(Cl)c12)C(=O)O. The van der Waals surface area contributed by atoms with Crippen LogP contribution in [0.4, 0.5) is 10.1 Å². The first-order chi connectivity index (χ1) is 14.0. The Bertz CT molecular complexity index is 1250. The number of hydrogen-bond donors (Lipinski definition) is 1. The molecule has 0 aliphatic carbocycles. The lowest BCUT2D eigenvalue weighted by atomic mass is 10.0. The molecule has 2 aromatic carbocycles. The van der Waals surface area contributed by atoms with Crippen LogP contribution in [0.15, 0.2) is 41.0 Å². The normalized spacial score (nSPS) is 12.6. The van der Waals surface area contributed by atoms with Gasteiger partial charge in [-0.15, -0.1) is 0 Å². The van der Waals surface area contributed by atoms with E-state index in [2.05, 4.69) is 14.3 Å². The topological polar surface area (TPSA) is 102 Å². The molecule has 0 spiro atoms. The second-order valence-corrected chi connectivity index (χ2v) is 9.89. The summed E-state index contributed by atoms with van der Waals surface area (Å²) in [5.41, 5.74) is 2.04. The van der Waals surface area contributed by atoms with E-state index in [1.807, 2.05) is 0 Å². The van der Waals surface area contributed by atoms with Crippen molar-refractivity contribution in [1.29, 1.82) is 0 Å². The Labute approximate surface area is 178 Å². The zero-order valence-electron chi connectivity index (χ0n) is 16.4. The van der Waals surface area contributed by atoms with E-state index < -0.39 is 27.6 Å². The highest BCUT2D eigenvalue weighted by Crippen LogP contribution is 2.33. The van der Waals surface area contributed by atoms with Crippen LogP contribution in [0.5, 0.6) is 5.75 Å². The van der Waals surface area contributed by atoms with Gasteiger partial charge in [-0.2, -0.15) is 4.36 Å². The second-order valence-electron chi connectivity index (χ2n) is 6.94. The number of halogens is 2. The molecular weight excluding hydrogens is 433 g/mol. The van der Waals surface area contributed by atoms with Gasteiger partial charge in [0.2, 0.25) is 0 Å². The number of benzene rings is 2. The van der Waals surface area contributed by atoms with Crippen LogP contribution in [0.25, 0.3) is 10.9 Å². The minimum atomic E-state index is -2.38. The van der Waals surface area contributed by atoms with Crippen LogP contribution in [-0.2, 0) is 20.9 Å². The third kappa shape index (κ3) is 5.22. The Morgan fingerprint density at radius 1 is 1.30 bits per heavy atom. The van der Waals surface area contributed by atoms with Crippen molar-refractivity contribution in [2.45, 2.75) is 19.4 Å². The molecule has 1 N–H and O–H groups in total. The van der Waals surface area contributed by atoms with Crippen molar-refractivity contribution in [3.63, 3.8) is 0 Å². The first-order valence-corrected chi connectivity index (χ1v) is 11.5. The molecule has 1 heterocycles. The van der Waals surface area contributed by atoms with Gasteiger partial charge < -0.3 is 9.84 Å². The number of fused-ring (bicyclic) bond motifs is 1. The van der Waals surface area contributed by atoms with Crippen LogP contribution < -0.4 is 4.74 Å². The summed E-state index contributed by atoms with van der Waals surface area (Å²) in [5, 5.41) is 9.99. The van der Waals surface area contributed by atoms with Crippen molar-refractivity contribution in [3.8, 4) is 5.75 Å². The van der Waals surface area contributed by atoms with Crippen LogP contribution in [-0.4, -0.2) is 43.9 Å². The largest absolute Gasteiger partial charge is 0.479 e. The molecule has 0 saturated carbocycles. The van der Waals surface area contributed by atoms with Crippen LogP contribution in [0.2, 0.25) is 5.02 Å². The van der Waals surface area contributed by atoms with E-state index in [0.29, 0.717) is 32.9 Å². The van der Waals surface area contributed by atoms with Crippen LogP contribution >= 0.6 is 11.6 Å². The van der Waals surface area contributed by atoms with E-state index in [9.17, 15) is 13.4 Å². The van der Waals surface area contributed by atoms with Crippen LogP contribution in [0, 0.1) is 5.82 Å². The fourth-order valence-corrected chi connectivity index (χ4v) is 3.77. The molecule has 30 heavy (non-hydrogen) atoms. The maximum Gasteiger partial charge on any atom is 0.344 e. The molecule has 10 heteroatoms. The van der Waals surface area contributed by atoms with Gasteiger partial charge in [0.15, 0.2) is 6.10 Å². The monoisotopic (exact) mass is 451 g/mol. The molecule has 0 amide bonds. The summed E-state index contributed by atoms with van der Waals surface area (Å²) in [7, 11) is -2.38. The highest BCUT2D eigenvalue weighted by Gasteiger charge is 2.18. The highest BCUT2D eigenvalue weighted by atomic mass is 35.5. The molecule has 0 unspecified atom stereocenters. The number of aliphatic carboxylic acids is 1. The van der Waals surface area contributed by atoms with Crippen molar-refractivity contribution < 1.29 is 23.2 Å². The van der Waals surface area contributed by atoms with Gasteiger partial charge in [-0.25, -0.2) is 23.4 Å². The van der Waals surface area contributed by atoms with Gasteiger partial charge in [0.1, 0.15) is 17.9 Å². The van der Waals surface area contributed by atoms with Gasteiger partial charge in [-0.05, 0) is 25.1 Å². The molecule has 1 atom stereocenters. The summed E-state index contributed by atoms with van der Waals surface area (Å²) in [5.74, 6) is -1.61. The average molecular weight is 452 g/mol. The maximum absolute atomic E-state index is 13.7. The molecule has 0 aliphatic rings. The molecule has 0 bridgehead atoms. The number of ether oxygens (including phenoxy) is 1. The maximum atomic E-state index is 13.7. The molecule has 0 aliphatic heterocycles. The molecule has 0 fully saturated rings. The zero-order valence-corrected chi connectivity index (χ0v) is 18.0. The molecule has 0 radical (unpaired) electrons. The average Bonchev–Trinajstić information content (AvgIpc) is 2.62. The van der Waals surface area contributed by atoms with Gasteiger partial charge >= 0.3 is 5.97 Å². The quantitative estimate of drug-likeness (QED) is 0.601. The Morgan fingerprint density at radius 2 is 2.03 bits per heavy atom. The van der Waals surface area contributed by atoms with Crippen LogP contribution in [0.3, 0.4) is 0 Å². The van der Waals surface area contributed by atoms with Crippen molar-refractivity contribution in [2.75, 3.05) is 12.5 Å². The number of hydrogen-bond acceptors (Lipinski definition) is 6. The lowest BCUT2D eigenvalue weighted by Crippen LogP contribution is -2.23. The number of carbonyl (C=O) groups is 1. The zero-order chi connectivity index (χ0) is 22.1. The third-order valence-corrected chi connectivity index (χ3v) is 5.07. The number of nitrogens with zero attached hydrogens (tertiary/aromatic N) is 3. The fourth-order valence-electron chi connectivity index (χ4n) is 2.84. The van der Waals surface area contributed by atoms with Crippen molar-refractivity contribution >= 4 is 43.9 Å². The Hall–Kier alpha value is -2.78. The molecule has 158 valence electrons. The van der Waals surface area contributed by atoms with Crippen molar-refractivity contribution in [1.82, 2.24) is 9.97 Å². The molecular formula is C20H19ClFN3O4S. The van der Waals surface area contributed by atoms with E-state index >= 15 is 0 Å². The number of carboxylic acids is 1. The van der Waals surface area contributed by atoms with Crippen molar-refractivity contribution in [2.24, 2.45) is 4.36 Å². The highest BCUT2D eigenvalue weighted by molar-refractivity contribution is 7.92. The van der Waals surface area contributed by atoms with E-state index in [-0.39, 0.29) is 12.2 Å². The summed E-state index contributed by atoms with van der Waals surface area (Å²) in [6.45, 7) is 1.36. The minimum absolute atomic E-state index is 0.108. The standard InChI is InChI=1S/C20H19ClFN3O4S/c1-11(20(26)27)29-18-7-13(22)5-4-12(18)6-16-19-15(21)8-14(25-30(2,3)28)9-17(19)24-10-23-16/h4-5,7-11H,6H2,1-3H3,(H,26,27)/t11-/m1/s1. The Balaban J connectivity index is 2.07. The summed E-state index contributed by atoms with van der Waals surface area (Å²) >= 11 is 6.45. The molecule has 3 rings (SSSR count). The first-order valence-electron chi connectivity index (χ1n) is 8.81.